The van der Waals surface area contributed by atoms with Gasteiger partial charge in [0.05, 0.1) is 12.8 Å². The highest BCUT2D eigenvalue weighted by atomic mass is 16.5. The van der Waals surface area contributed by atoms with Crippen LogP contribution in [-0.4, -0.2) is 55.3 Å². The summed E-state index contributed by atoms with van der Waals surface area (Å²) in [5.41, 5.74) is 4.62. The van der Waals surface area contributed by atoms with Crippen molar-refractivity contribution in [3.05, 3.63) is 46.3 Å². The molecule has 1 aliphatic heterocycles. The van der Waals surface area contributed by atoms with Crippen molar-refractivity contribution in [3.8, 4) is 5.75 Å². The maximum absolute atomic E-state index is 5.59. The van der Waals surface area contributed by atoms with Crippen LogP contribution in [0.3, 0.4) is 0 Å². The Hall–Kier alpha value is -1.85. The van der Waals surface area contributed by atoms with Crippen molar-refractivity contribution in [2.45, 2.75) is 46.1 Å². The number of likely N-dealkylation sites (N-methyl/N-ethyl adjacent to an activating group) is 1. The quantitative estimate of drug-likeness (QED) is 0.706. The van der Waals surface area contributed by atoms with Crippen LogP contribution in [0.1, 0.15) is 47.4 Å². The van der Waals surface area contributed by atoms with Gasteiger partial charge in [0.25, 0.3) is 0 Å². The highest BCUT2D eigenvalue weighted by molar-refractivity contribution is 5.41. The van der Waals surface area contributed by atoms with Gasteiger partial charge < -0.3 is 19.1 Å². The molecule has 0 amide bonds. The van der Waals surface area contributed by atoms with Gasteiger partial charge in [-0.15, -0.1) is 0 Å². The first-order valence-electron chi connectivity index (χ1n) is 10.0. The number of benzene rings is 1. The molecule has 5 nitrogen and oxygen atoms in total. The first-order chi connectivity index (χ1) is 13.1. The van der Waals surface area contributed by atoms with E-state index in [1.807, 2.05) is 13.8 Å². The molecule has 1 aromatic heterocycles. The molecule has 1 saturated heterocycles. The van der Waals surface area contributed by atoms with Gasteiger partial charge in [-0.2, -0.15) is 0 Å². The average Bonchev–Trinajstić information content (AvgIpc) is 2.99. The third kappa shape index (κ3) is 5.33. The van der Waals surface area contributed by atoms with Crippen LogP contribution in [0.4, 0.5) is 0 Å². The van der Waals surface area contributed by atoms with E-state index in [0.29, 0.717) is 0 Å². The van der Waals surface area contributed by atoms with Crippen molar-refractivity contribution in [2.75, 3.05) is 40.3 Å². The van der Waals surface area contributed by atoms with Gasteiger partial charge in [-0.1, -0.05) is 23.7 Å². The Morgan fingerprint density at radius 2 is 1.96 bits per heavy atom. The van der Waals surface area contributed by atoms with Crippen LogP contribution in [0, 0.1) is 13.8 Å². The summed E-state index contributed by atoms with van der Waals surface area (Å²) in [5, 5.41) is 4.08. The van der Waals surface area contributed by atoms with Gasteiger partial charge in [-0.05, 0) is 64.0 Å². The molecule has 0 atom stereocenters. The molecular weight excluding hydrogens is 338 g/mol. The smallest absolute Gasteiger partial charge is 0.137 e. The van der Waals surface area contributed by atoms with E-state index in [4.69, 9.17) is 9.26 Å². The molecule has 1 aromatic carbocycles. The molecule has 0 aliphatic carbocycles. The summed E-state index contributed by atoms with van der Waals surface area (Å²) in [6.07, 6.45) is 4.89. The van der Waals surface area contributed by atoms with Crippen LogP contribution >= 0.6 is 0 Å². The second kappa shape index (κ2) is 9.38. The summed E-state index contributed by atoms with van der Waals surface area (Å²) >= 11 is 0. The van der Waals surface area contributed by atoms with E-state index in [-0.39, 0.29) is 0 Å². The summed E-state index contributed by atoms with van der Waals surface area (Å²) in [7, 11) is 3.94. The van der Waals surface area contributed by atoms with E-state index in [2.05, 4.69) is 40.2 Å². The van der Waals surface area contributed by atoms with Crippen molar-refractivity contribution in [2.24, 2.45) is 0 Å². The minimum absolute atomic E-state index is 0.787. The lowest BCUT2D eigenvalue weighted by Crippen LogP contribution is -2.36. The van der Waals surface area contributed by atoms with E-state index in [1.54, 1.807) is 7.11 Å². The largest absolute Gasteiger partial charge is 0.496 e. The molecule has 2 aromatic rings. The molecule has 0 bridgehead atoms. The maximum atomic E-state index is 5.59. The molecule has 2 heterocycles. The monoisotopic (exact) mass is 371 g/mol. The number of aromatic nitrogens is 1. The summed E-state index contributed by atoms with van der Waals surface area (Å²) in [5.74, 6) is 1.81. The molecular formula is C22H33N3O2. The molecule has 0 saturated carbocycles. The Morgan fingerprint density at radius 1 is 1.19 bits per heavy atom. The van der Waals surface area contributed by atoms with Crippen molar-refractivity contribution in [1.82, 2.24) is 15.0 Å². The lowest BCUT2D eigenvalue weighted by Gasteiger charge is -2.28. The molecule has 5 heteroatoms. The van der Waals surface area contributed by atoms with Crippen LogP contribution in [0.15, 0.2) is 22.7 Å². The van der Waals surface area contributed by atoms with Gasteiger partial charge in [-0.25, -0.2) is 0 Å². The lowest BCUT2D eigenvalue weighted by molar-refractivity contribution is 0.194. The molecule has 0 unspecified atom stereocenters. The summed E-state index contributed by atoms with van der Waals surface area (Å²) in [4.78, 5) is 5.01. The predicted octanol–water partition coefficient (Wildman–Crippen LogP) is 3.81. The fraction of sp³-hybridized carbons (Fsp3) is 0.591. The average molecular weight is 372 g/mol. The van der Waals surface area contributed by atoms with Gasteiger partial charge in [0.2, 0.25) is 0 Å². The normalized spacial score (nSPS) is 15.4. The minimum Gasteiger partial charge on any atom is -0.496 e. The van der Waals surface area contributed by atoms with Crippen LogP contribution < -0.4 is 4.74 Å². The Labute approximate surface area is 163 Å². The molecule has 0 N–H and O–H groups in total. The van der Waals surface area contributed by atoms with Gasteiger partial charge in [-0.3, -0.25) is 0 Å². The van der Waals surface area contributed by atoms with Crippen molar-refractivity contribution < 1.29 is 9.26 Å². The van der Waals surface area contributed by atoms with Crippen LogP contribution in [0.2, 0.25) is 0 Å². The zero-order valence-electron chi connectivity index (χ0n) is 17.3. The number of piperidine rings is 1. The topological polar surface area (TPSA) is 41.7 Å². The molecule has 3 rings (SSSR count). The molecule has 1 aliphatic rings. The van der Waals surface area contributed by atoms with Crippen LogP contribution in [0.25, 0.3) is 0 Å². The first kappa shape index (κ1) is 19.9. The number of methoxy groups -OCH3 is 1. The molecule has 0 radical (unpaired) electrons. The number of hydrogen-bond acceptors (Lipinski definition) is 5. The molecule has 1 fully saturated rings. The third-order valence-electron chi connectivity index (χ3n) is 5.59. The fourth-order valence-electron chi connectivity index (χ4n) is 3.90. The van der Waals surface area contributed by atoms with E-state index < -0.39 is 0 Å². The minimum atomic E-state index is 0.787. The Balaban J connectivity index is 1.63. The zero-order chi connectivity index (χ0) is 19.2. The van der Waals surface area contributed by atoms with Crippen molar-refractivity contribution >= 4 is 0 Å². The number of likely N-dealkylation sites (tertiary alicyclic amines) is 1. The fourth-order valence-corrected chi connectivity index (χ4v) is 3.90. The Morgan fingerprint density at radius 3 is 2.63 bits per heavy atom. The van der Waals surface area contributed by atoms with E-state index >= 15 is 0 Å². The number of nitrogens with zero attached hydrogens (tertiary/aromatic N) is 3. The third-order valence-corrected chi connectivity index (χ3v) is 5.59. The number of rotatable bonds is 8. The van der Waals surface area contributed by atoms with Gasteiger partial charge >= 0.3 is 0 Å². The molecule has 0 spiro atoms. The Kier molecular flexibility index (Phi) is 6.91. The second-order valence-corrected chi connectivity index (χ2v) is 7.77. The zero-order valence-corrected chi connectivity index (χ0v) is 17.3. The van der Waals surface area contributed by atoms with E-state index in [9.17, 15) is 0 Å². The number of ether oxygens (including phenoxy) is 1. The number of hydrogen-bond donors (Lipinski definition) is 0. The summed E-state index contributed by atoms with van der Waals surface area (Å²) in [6, 6.07) is 6.52. The highest BCUT2D eigenvalue weighted by Crippen LogP contribution is 2.26. The second-order valence-electron chi connectivity index (χ2n) is 7.77. The molecule has 148 valence electrons. The maximum Gasteiger partial charge on any atom is 0.137 e. The Bertz CT molecular complexity index is 716. The van der Waals surface area contributed by atoms with Crippen LogP contribution in [-0.2, 0) is 13.0 Å². The van der Waals surface area contributed by atoms with Gasteiger partial charge in [0, 0.05) is 31.6 Å². The first-order valence-corrected chi connectivity index (χ1v) is 10.0. The van der Waals surface area contributed by atoms with Crippen LogP contribution in [0.5, 0.6) is 5.75 Å². The standard InChI is InChI=1S/C22H33N3O2/c1-17-21(18(2)27-23-17)15-20-14-19(8-9-22(20)26-4)16-24(3)12-13-25-10-6-5-7-11-25/h8-9,14H,5-7,10-13,15-16H2,1-4H3. The van der Waals surface area contributed by atoms with E-state index in [0.717, 1.165) is 42.3 Å². The van der Waals surface area contributed by atoms with Crippen molar-refractivity contribution in [1.29, 1.82) is 0 Å². The SMILES string of the molecule is COc1ccc(CN(C)CCN2CCCCC2)cc1Cc1c(C)noc1C. The van der Waals surface area contributed by atoms with Crippen molar-refractivity contribution in [3.63, 3.8) is 0 Å². The lowest BCUT2D eigenvalue weighted by atomic mass is 10.0. The van der Waals surface area contributed by atoms with Gasteiger partial charge in [0.1, 0.15) is 11.5 Å². The molecule has 27 heavy (non-hydrogen) atoms. The summed E-state index contributed by atoms with van der Waals surface area (Å²) in [6.45, 7) is 9.71. The van der Waals surface area contributed by atoms with Gasteiger partial charge in [0.15, 0.2) is 0 Å². The van der Waals surface area contributed by atoms with E-state index in [1.165, 1.54) is 50.0 Å². The summed E-state index contributed by atoms with van der Waals surface area (Å²) < 4.78 is 10.9. The number of aryl methyl sites for hydroxylation is 2. The highest BCUT2D eigenvalue weighted by Gasteiger charge is 2.14. The predicted molar refractivity (Wildman–Crippen MR) is 108 cm³/mol.